The molecule has 0 fully saturated rings. The molecule has 8 nitrogen and oxygen atoms in total. The molecule has 5 rings (SSSR count). The van der Waals surface area contributed by atoms with E-state index in [2.05, 4.69) is 32.4 Å². The maximum atomic E-state index is 13.0. The number of benzene rings is 2. The molecule has 1 aliphatic rings. The van der Waals surface area contributed by atoms with Gasteiger partial charge in [-0.15, -0.1) is 10.2 Å². The Hall–Kier alpha value is -3.98. The molecule has 0 saturated carbocycles. The smallest absolute Gasteiger partial charge is 0.274 e. The summed E-state index contributed by atoms with van der Waals surface area (Å²) in [5.74, 6) is 0.474. The summed E-state index contributed by atoms with van der Waals surface area (Å²) in [6.07, 6.45) is 7.15. The van der Waals surface area contributed by atoms with Crippen molar-refractivity contribution in [2.45, 2.75) is 17.3 Å². The zero-order valence-corrected chi connectivity index (χ0v) is 20.2. The number of hydrogen-bond acceptors (Lipinski definition) is 7. The van der Waals surface area contributed by atoms with E-state index in [1.165, 1.54) is 0 Å². The van der Waals surface area contributed by atoms with Gasteiger partial charge in [-0.25, -0.2) is 0 Å². The number of rotatable bonds is 8. The van der Waals surface area contributed by atoms with Crippen molar-refractivity contribution in [1.82, 2.24) is 19.7 Å². The maximum Gasteiger partial charge on any atom is 0.274 e. The molecule has 0 saturated heterocycles. The maximum absolute atomic E-state index is 13.0. The van der Waals surface area contributed by atoms with Crippen molar-refractivity contribution < 1.29 is 9.53 Å². The number of thioether (sulfide) groups is 1. The second-order valence-electron chi connectivity index (χ2n) is 8.25. The van der Waals surface area contributed by atoms with Gasteiger partial charge in [-0.1, -0.05) is 23.9 Å². The summed E-state index contributed by atoms with van der Waals surface area (Å²) >= 11 is 1.61. The van der Waals surface area contributed by atoms with Crippen LogP contribution in [0.25, 0.3) is 10.8 Å². The number of pyridine rings is 1. The standard InChI is InChI=1S/C26H24N6O2S/c1-17(35-26-31-29-16-32(26)2)19-4-3-5-22(10-19)30-25(33)24-12-21-11-23(7-6-20(21)14-28-24)34-15-18-8-9-27-13-18/h3-12,14,16-17H,13,15H2,1-2H3,(H,30,33)/t17-/m0/s1. The van der Waals surface area contributed by atoms with Gasteiger partial charge in [0.2, 0.25) is 0 Å². The SMILES string of the molecule is C[C@H](Sc1nncn1C)c1cccc(NC(=O)c2cc3cc(OCC4=CC=NC4)ccc3cn2)c1. The summed E-state index contributed by atoms with van der Waals surface area (Å²) in [5.41, 5.74) is 3.26. The van der Waals surface area contributed by atoms with E-state index in [0.717, 1.165) is 32.8 Å². The molecule has 2 aromatic heterocycles. The molecule has 1 atom stereocenters. The van der Waals surface area contributed by atoms with Crippen molar-refractivity contribution >= 4 is 40.3 Å². The Morgan fingerprint density at radius 3 is 2.91 bits per heavy atom. The van der Waals surface area contributed by atoms with Gasteiger partial charge >= 0.3 is 0 Å². The zero-order chi connectivity index (χ0) is 24.2. The van der Waals surface area contributed by atoms with Gasteiger partial charge in [0.1, 0.15) is 24.4 Å². The lowest BCUT2D eigenvalue weighted by Gasteiger charge is -2.13. The molecule has 0 aliphatic carbocycles. The van der Waals surface area contributed by atoms with Crippen LogP contribution in [0.4, 0.5) is 5.69 Å². The van der Waals surface area contributed by atoms with Gasteiger partial charge in [0.25, 0.3) is 5.91 Å². The normalized spacial score (nSPS) is 13.6. The topological polar surface area (TPSA) is 94.3 Å². The first-order valence-corrected chi connectivity index (χ1v) is 12.1. The molecule has 0 bridgehead atoms. The fraction of sp³-hybridized carbons (Fsp3) is 0.192. The van der Waals surface area contributed by atoms with Crippen LogP contribution in [-0.2, 0) is 7.05 Å². The highest BCUT2D eigenvalue weighted by molar-refractivity contribution is 7.99. The number of aromatic nitrogens is 4. The third-order valence-electron chi connectivity index (χ3n) is 5.63. The van der Waals surface area contributed by atoms with Crippen molar-refractivity contribution in [2.24, 2.45) is 12.0 Å². The molecule has 1 amide bonds. The van der Waals surface area contributed by atoms with E-state index in [-0.39, 0.29) is 11.2 Å². The van der Waals surface area contributed by atoms with Crippen LogP contribution in [0.3, 0.4) is 0 Å². The van der Waals surface area contributed by atoms with E-state index < -0.39 is 0 Å². The van der Waals surface area contributed by atoms with Crippen LogP contribution >= 0.6 is 11.8 Å². The largest absolute Gasteiger partial charge is 0.489 e. The van der Waals surface area contributed by atoms with Crippen LogP contribution in [0.15, 0.2) is 82.9 Å². The number of carbonyl (C=O) groups is 1. The van der Waals surface area contributed by atoms with E-state index in [9.17, 15) is 4.79 Å². The second-order valence-corrected chi connectivity index (χ2v) is 9.55. The predicted molar refractivity (Wildman–Crippen MR) is 138 cm³/mol. The molecule has 35 heavy (non-hydrogen) atoms. The van der Waals surface area contributed by atoms with Crippen molar-refractivity contribution in [1.29, 1.82) is 0 Å². The van der Waals surface area contributed by atoms with Gasteiger partial charge in [0.15, 0.2) is 5.16 Å². The molecule has 0 unspecified atom stereocenters. The van der Waals surface area contributed by atoms with E-state index in [1.807, 2.05) is 60.2 Å². The van der Waals surface area contributed by atoms with Crippen LogP contribution in [0.5, 0.6) is 5.75 Å². The highest BCUT2D eigenvalue weighted by atomic mass is 32.2. The van der Waals surface area contributed by atoms with Crippen molar-refractivity contribution in [2.75, 3.05) is 18.5 Å². The molecule has 9 heteroatoms. The van der Waals surface area contributed by atoms with Crippen molar-refractivity contribution in [3.63, 3.8) is 0 Å². The molecule has 0 radical (unpaired) electrons. The molecular formula is C26H24N6O2S. The zero-order valence-electron chi connectivity index (χ0n) is 19.4. The summed E-state index contributed by atoms with van der Waals surface area (Å²) in [5, 5.41) is 13.8. The Kier molecular flexibility index (Phi) is 6.58. The summed E-state index contributed by atoms with van der Waals surface area (Å²) in [6, 6.07) is 15.4. The van der Waals surface area contributed by atoms with Gasteiger partial charge in [-0.3, -0.25) is 14.8 Å². The van der Waals surface area contributed by atoms with Gasteiger partial charge < -0.3 is 14.6 Å². The van der Waals surface area contributed by atoms with Crippen molar-refractivity contribution in [3.05, 3.63) is 84.0 Å². The lowest BCUT2D eigenvalue weighted by molar-refractivity contribution is 0.102. The minimum atomic E-state index is -0.266. The molecule has 1 N–H and O–H groups in total. The number of carbonyl (C=O) groups excluding carboxylic acids is 1. The number of ether oxygens (including phenoxy) is 1. The van der Waals surface area contributed by atoms with Gasteiger partial charge in [0, 0.05) is 35.8 Å². The predicted octanol–water partition coefficient (Wildman–Crippen LogP) is 4.86. The Bertz CT molecular complexity index is 1440. The number of nitrogens with zero attached hydrogens (tertiary/aromatic N) is 5. The van der Waals surface area contributed by atoms with Gasteiger partial charge in [0.05, 0.1) is 6.54 Å². The molecular weight excluding hydrogens is 460 g/mol. The second kappa shape index (κ2) is 10.1. The Balaban J connectivity index is 1.28. The van der Waals surface area contributed by atoms with Gasteiger partial charge in [-0.05, 0) is 65.9 Å². The average Bonchev–Trinajstić information content (AvgIpc) is 3.54. The number of anilines is 1. The molecule has 1 aliphatic heterocycles. The Morgan fingerprint density at radius 1 is 1.20 bits per heavy atom. The highest BCUT2D eigenvalue weighted by Crippen LogP contribution is 2.34. The van der Waals surface area contributed by atoms with Crippen LogP contribution in [-0.4, -0.2) is 45.0 Å². The summed E-state index contributed by atoms with van der Waals surface area (Å²) in [7, 11) is 1.92. The Morgan fingerprint density at radius 2 is 2.11 bits per heavy atom. The summed E-state index contributed by atoms with van der Waals surface area (Å²) in [6.45, 7) is 3.27. The molecule has 0 spiro atoms. The molecule has 3 heterocycles. The first kappa shape index (κ1) is 22.8. The van der Waals surface area contributed by atoms with E-state index in [1.54, 1.807) is 36.6 Å². The van der Waals surface area contributed by atoms with Gasteiger partial charge in [-0.2, -0.15) is 0 Å². The number of aliphatic imine (C=N–C) groups is 1. The highest BCUT2D eigenvalue weighted by Gasteiger charge is 2.14. The lowest BCUT2D eigenvalue weighted by Crippen LogP contribution is -2.13. The minimum absolute atomic E-state index is 0.138. The fourth-order valence-corrected chi connectivity index (χ4v) is 4.56. The molecule has 2 aromatic carbocycles. The summed E-state index contributed by atoms with van der Waals surface area (Å²) in [4.78, 5) is 21.5. The first-order chi connectivity index (χ1) is 17.0. The van der Waals surface area contributed by atoms with E-state index in [4.69, 9.17) is 4.74 Å². The van der Waals surface area contributed by atoms with E-state index in [0.29, 0.717) is 24.5 Å². The number of fused-ring (bicyclic) bond motifs is 1. The van der Waals surface area contributed by atoms with Crippen molar-refractivity contribution in [3.8, 4) is 5.75 Å². The molecule has 176 valence electrons. The number of aryl methyl sites for hydroxylation is 1. The third kappa shape index (κ3) is 5.41. The Labute approximate surface area is 207 Å². The number of amides is 1. The van der Waals surface area contributed by atoms with Crippen LogP contribution in [0, 0.1) is 0 Å². The van der Waals surface area contributed by atoms with Crippen LogP contribution < -0.4 is 10.1 Å². The first-order valence-electron chi connectivity index (χ1n) is 11.2. The lowest BCUT2D eigenvalue weighted by atomic mass is 10.1. The van der Waals surface area contributed by atoms with Crippen LogP contribution in [0.1, 0.15) is 28.2 Å². The monoisotopic (exact) mass is 484 g/mol. The fourth-order valence-electron chi connectivity index (χ4n) is 3.65. The van der Waals surface area contributed by atoms with Crippen LogP contribution in [0.2, 0.25) is 0 Å². The van der Waals surface area contributed by atoms with E-state index >= 15 is 0 Å². The number of allylic oxidation sites excluding steroid dienone is 1. The summed E-state index contributed by atoms with van der Waals surface area (Å²) < 4.78 is 7.78. The molecule has 4 aromatic rings. The minimum Gasteiger partial charge on any atom is -0.489 e. The average molecular weight is 485 g/mol. The third-order valence-corrected chi connectivity index (χ3v) is 6.83. The quantitative estimate of drug-likeness (QED) is 0.359. The number of nitrogens with one attached hydrogen (secondary N) is 1. The number of hydrogen-bond donors (Lipinski definition) is 1.